The number of hydrogen-bond acceptors (Lipinski definition) is 4. The van der Waals surface area contributed by atoms with Crippen LogP contribution in [0.1, 0.15) is 38.7 Å². The molecule has 1 aromatic carbocycles. The number of anilines is 1. The normalized spacial score (nSPS) is 15.4. The van der Waals surface area contributed by atoms with Crippen LogP contribution in [0.5, 0.6) is 0 Å². The molecule has 0 unspecified atom stereocenters. The summed E-state index contributed by atoms with van der Waals surface area (Å²) in [5, 5.41) is 3.00. The van der Waals surface area contributed by atoms with Crippen LogP contribution < -0.4 is 9.62 Å². The summed E-state index contributed by atoms with van der Waals surface area (Å²) >= 11 is 7.97. The molecule has 124 valence electrons. The van der Waals surface area contributed by atoms with E-state index in [1.807, 2.05) is 24.2 Å². The Hall–Kier alpha value is -0.970. The second-order valence-corrected chi connectivity index (χ2v) is 7.77. The van der Waals surface area contributed by atoms with E-state index in [1.165, 1.54) is 34.2 Å². The smallest absolute Gasteiger partial charge is 0.129 e. The van der Waals surface area contributed by atoms with Gasteiger partial charge in [-0.25, -0.2) is 4.98 Å². The molecule has 2 aromatic rings. The molecule has 5 heteroatoms. The number of pyridine rings is 1. The summed E-state index contributed by atoms with van der Waals surface area (Å²) in [6.07, 6.45) is 3.13. The van der Waals surface area contributed by atoms with E-state index in [4.69, 9.17) is 11.6 Å². The predicted octanol–water partition coefficient (Wildman–Crippen LogP) is 4.85. The molecule has 0 atom stereocenters. The lowest BCUT2D eigenvalue weighted by molar-refractivity contribution is 0.494. The number of hydrogen-bond donors (Lipinski definition) is 1. The van der Waals surface area contributed by atoms with Gasteiger partial charge in [0.2, 0.25) is 0 Å². The Labute approximate surface area is 147 Å². The molecule has 1 N–H and O–H groups in total. The van der Waals surface area contributed by atoms with Crippen molar-refractivity contribution in [2.45, 2.75) is 39.2 Å². The Morgan fingerprint density at radius 1 is 1.35 bits per heavy atom. The lowest BCUT2D eigenvalue weighted by Crippen LogP contribution is -2.56. The maximum absolute atomic E-state index is 6.13. The SMILES string of the molecule is CCCSNC1CN(c2ccc(C(C)C)c3cc(Cl)ncc23)C1. The van der Waals surface area contributed by atoms with E-state index in [0.29, 0.717) is 17.1 Å². The summed E-state index contributed by atoms with van der Waals surface area (Å²) < 4.78 is 3.54. The van der Waals surface area contributed by atoms with Gasteiger partial charge in [0.25, 0.3) is 0 Å². The summed E-state index contributed by atoms with van der Waals surface area (Å²) in [5.41, 5.74) is 2.61. The lowest BCUT2D eigenvalue weighted by atomic mass is 9.95. The number of benzene rings is 1. The van der Waals surface area contributed by atoms with Gasteiger partial charge in [-0.3, -0.25) is 4.72 Å². The fraction of sp³-hybridized carbons (Fsp3) is 0.500. The highest BCUT2D eigenvalue weighted by Crippen LogP contribution is 2.35. The maximum atomic E-state index is 6.13. The molecule has 2 heterocycles. The highest BCUT2D eigenvalue weighted by molar-refractivity contribution is 7.97. The zero-order chi connectivity index (χ0) is 16.4. The number of aromatic nitrogens is 1. The summed E-state index contributed by atoms with van der Waals surface area (Å²) in [6, 6.07) is 7.06. The van der Waals surface area contributed by atoms with Crippen LogP contribution in [0.4, 0.5) is 5.69 Å². The standard InChI is InChI=1S/C18H24ClN3S/c1-4-7-23-21-13-10-22(11-13)17-6-5-14(12(2)3)15-8-18(19)20-9-16(15)17/h5-6,8-9,12-13,21H,4,7,10-11H2,1-3H3. The molecule has 3 nitrogen and oxygen atoms in total. The largest absolute Gasteiger partial charge is 0.368 e. The predicted molar refractivity (Wildman–Crippen MR) is 103 cm³/mol. The molecule has 0 bridgehead atoms. The van der Waals surface area contributed by atoms with Gasteiger partial charge in [-0.15, -0.1) is 0 Å². The van der Waals surface area contributed by atoms with Crippen LogP contribution in [0.25, 0.3) is 10.8 Å². The van der Waals surface area contributed by atoms with Crippen molar-refractivity contribution in [3.8, 4) is 0 Å². The van der Waals surface area contributed by atoms with Gasteiger partial charge in [0.05, 0.1) is 6.04 Å². The summed E-state index contributed by atoms with van der Waals surface area (Å²) in [5.74, 6) is 1.64. The number of halogens is 1. The third-order valence-electron chi connectivity index (χ3n) is 4.28. The van der Waals surface area contributed by atoms with Gasteiger partial charge in [0.15, 0.2) is 0 Å². The summed E-state index contributed by atoms with van der Waals surface area (Å²) in [6.45, 7) is 8.75. The molecule has 0 radical (unpaired) electrons. The number of rotatable bonds is 6. The minimum atomic E-state index is 0.473. The van der Waals surface area contributed by atoms with E-state index in [9.17, 15) is 0 Å². The molecule has 0 amide bonds. The van der Waals surface area contributed by atoms with Crippen molar-refractivity contribution in [1.29, 1.82) is 0 Å². The molecule has 0 saturated carbocycles. The van der Waals surface area contributed by atoms with Crippen molar-refractivity contribution >= 4 is 40.0 Å². The maximum Gasteiger partial charge on any atom is 0.129 e. The fourth-order valence-corrected chi connectivity index (χ4v) is 3.89. The van der Waals surface area contributed by atoms with Gasteiger partial charge in [-0.1, -0.05) is 50.4 Å². The van der Waals surface area contributed by atoms with Crippen molar-refractivity contribution in [2.75, 3.05) is 23.7 Å². The van der Waals surface area contributed by atoms with Crippen molar-refractivity contribution < 1.29 is 0 Å². The minimum Gasteiger partial charge on any atom is -0.368 e. The topological polar surface area (TPSA) is 28.2 Å². The monoisotopic (exact) mass is 349 g/mol. The fourth-order valence-electron chi connectivity index (χ4n) is 3.03. The molecule has 1 fully saturated rings. The number of fused-ring (bicyclic) bond motifs is 1. The Kier molecular flexibility index (Phi) is 5.34. The molecular formula is C18H24ClN3S. The van der Waals surface area contributed by atoms with Crippen molar-refractivity contribution in [3.63, 3.8) is 0 Å². The van der Waals surface area contributed by atoms with Crippen LogP contribution in [0.3, 0.4) is 0 Å². The molecule has 0 aliphatic carbocycles. The molecular weight excluding hydrogens is 326 g/mol. The first-order chi connectivity index (χ1) is 11.1. The minimum absolute atomic E-state index is 0.473. The van der Waals surface area contributed by atoms with Crippen LogP contribution in [0.2, 0.25) is 5.15 Å². The first kappa shape index (κ1) is 16.9. The van der Waals surface area contributed by atoms with E-state index in [-0.39, 0.29) is 0 Å². The average Bonchev–Trinajstić information content (AvgIpc) is 2.48. The zero-order valence-electron chi connectivity index (χ0n) is 14.0. The average molecular weight is 350 g/mol. The highest BCUT2D eigenvalue weighted by atomic mass is 35.5. The molecule has 1 aromatic heterocycles. The van der Waals surface area contributed by atoms with Crippen LogP contribution >= 0.6 is 23.5 Å². The third kappa shape index (κ3) is 3.59. The zero-order valence-corrected chi connectivity index (χ0v) is 15.5. The van der Waals surface area contributed by atoms with Gasteiger partial charge in [-0.2, -0.15) is 0 Å². The van der Waals surface area contributed by atoms with Gasteiger partial charge >= 0.3 is 0 Å². The molecule has 1 aliphatic rings. The van der Waals surface area contributed by atoms with E-state index in [2.05, 4.69) is 47.5 Å². The van der Waals surface area contributed by atoms with E-state index in [0.717, 1.165) is 13.1 Å². The van der Waals surface area contributed by atoms with Gasteiger partial charge in [0, 0.05) is 36.1 Å². The summed E-state index contributed by atoms with van der Waals surface area (Å²) in [4.78, 5) is 6.73. The van der Waals surface area contributed by atoms with Crippen LogP contribution in [-0.2, 0) is 0 Å². The van der Waals surface area contributed by atoms with Crippen LogP contribution in [0.15, 0.2) is 24.4 Å². The second kappa shape index (κ2) is 7.29. The van der Waals surface area contributed by atoms with Crippen LogP contribution in [-0.4, -0.2) is 29.9 Å². The molecule has 1 saturated heterocycles. The van der Waals surface area contributed by atoms with Crippen molar-refractivity contribution in [3.05, 3.63) is 35.1 Å². The Morgan fingerprint density at radius 2 is 2.13 bits per heavy atom. The van der Waals surface area contributed by atoms with Gasteiger partial charge in [-0.05, 0) is 35.4 Å². The molecule has 1 aliphatic heterocycles. The van der Waals surface area contributed by atoms with Crippen molar-refractivity contribution in [2.24, 2.45) is 0 Å². The van der Waals surface area contributed by atoms with Crippen molar-refractivity contribution in [1.82, 2.24) is 9.71 Å². The van der Waals surface area contributed by atoms with E-state index >= 15 is 0 Å². The molecule has 3 rings (SSSR count). The lowest BCUT2D eigenvalue weighted by Gasteiger charge is -2.41. The Bertz CT molecular complexity index is 683. The van der Waals surface area contributed by atoms with E-state index < -0.39 is 0 Å². The molecule has 23 heavy (non-hydrogen) atoms. The Morgan fingerprint density at radius 3 is 2.83 bits per heavy atom. The third-order valence-corrected chi connectivity index (χ3v) is 5.60. The van der Waals surface area contributed by atoms with Gasteiger partial charge < -0.3 is 4.90 Å². The number of nitrogens with zero attached hydrogens (tertiary/aromatic N) is 2. The quantitative estimate of drug-likeness (QED) is 0.458. The molecule has 0 spiro atoms. The first-order valence-electron chi connectivity index (χ1n) is 8.30. The van der Waals surface area contributed by atoms with Crippen LogP contribution in [0, 0.1) is 0 Å². The summed E-state index contributed by atoms with van der Waals surface area (Å²) in [7, 11) is 0. The number of nitrogens with one attached hydrogen (secondary N) is 1. The van der Waals surface area contributed by atoms with Gasteiger partial charge in [0.1, 0.15) is 5.15 Å². The van der Waals surface area contributed by atoms with E-state index in [1.54, 1.807) is 0 Å². The Balaban J connectivity index is 1.82. The second-order valence-electron chi connectivity index (χ2n) is 6.45. The first-order valence-corrected chi connectivity index (χ1v) is 9.67. The highest BCUT2D eigenvalue weighted by Gasteiger charge is 2.28.